The fourth-order valence-electron chi connectivity index (χ4n) is 2.30. The van der Waals surface area contributed by atoms with Crippen LogP contribution in [0.1, 0.15) is 22.3 Å². The number of benzene rings is 2. The summed E-state index contributed by atoms with van der Waals surface area (Å²) in [6.45, 7) is 1.65. The molecule has 3 aromatic rings. The van der Waals surface area contributed by atoms with Crippen LogP contribution in [-0.2, 0) is 16.6 Å². The van der Waals surface area contributed by atoms with Gasteiger partial charge in [0.15, 0.2) is 5.78 Å². The van der Waals surface area contributed by atoms with Crippen molar-refractivity contribution in [1.29, 1.82) is 0 Å². The largest absolute Gasteiger partial charge is 0.295 e. The molecule has 124 valence electrons. The van der Waals surface area contributed by atoms with Gasteiger partial charge in [-0.1, -0.05) is 24.3 Å². The van der Waals surface area contributed by atoms with E-state index in [1.807, 2.05) is 24.3 Å². The second-order valence-corrected chi connectivity index (χ2v) is 8.58. The van der Waals surface area contributed by atoms with Gasteiger partial charge < -0.3 is 0 Å². The summed E-state index contributed by atoms with van der Waals surface area (Å²) < 4.78 is 27.6. The summed E-state index contributed by atoms with van der Waals surface area (Å²) in [4.78, 5) is 15.9. The second-order valence-electron chi connectivity index (χ2n) is 5.42. The first kappa shape index (κ1) is 16.8. The molecular formula is C17H16N2O3S2. The summed E-state index contributed by atoms with van der Waals surface area (Å²) in [7, 11) is -2.10. The van der Waals surface area contributed by atoms with Crippen molar-refractivity contribution >= 4 is 37.4 Å². The van der Waals surface area contributed by atoms with Crippen LogP contribution in [0.5, 0.6) is 0 Å². The van der Waals surface area contributed by atoms with E-state index in [-0.39, 0.29) is 17.2 Å². The first-order valence-corrected chi connectivity index (χ1v) is 9.55. The summed E-state index contributed by atoms with van der Waals surface area (Å²) in [5, 5.41) is 0.739. The third-order valence-electron chi connectivity index (χ3n) is 3.67. The van der Waals surface area contributed by atoms with Crippen LogP contribution in [0.25, 0.3) is 10.2 Å². The van der Waals surface area contributed by atoms with Crippen molar-refractivity contribution in [3.05, 3.63) is 59.1 Å². The van der Waals surface area contributed by atoms with Gasteiger partial charge in [-0.3, -0.25) is 4.79 Å². The lowest BCUT2D eigenvalue weighted by Crippen LogP contribution is -2.26. The number of rotatable bonds is 5. The standard InChI is InChI=1S/C17H16N2O3S2/c1-12(20)13-7-9-14(10-8-13)24(21,22)19(2)11-17-18-15-5-3-4-6-16(15)23-17/h3-10H,11H2,1-2H3. The van der Waals surface area contributed by atoms with Crippen LogP contribution in [0.2, 0.25) is 0 Å². The lowest BCUT2D eigenvalue weighted by molar-refractivity contribution is 0.101. The number of para-hydroxylation sites is 1. The molecule has 0 atom stereocenters. The van der Waals surface area contributed by atoms with Gasteiger partial charge in [-0.15, -0.1) is 11.3 Å². The Morgan fingerprint density at radius 1 is 1.12 bits per heavy atom. The molecule has 0 aliphatic heterocycles. The molecule has 0 spiro atoms. The summed E-state index contributed by atoms with van der Waals surface area (Å²) in [6, 6.07) is 13.7. The molecule has 1 heterocycles. The van der Waals surface area contributed by atoms with E-state index in [0.29, 0.717) is 5.56 Å². The highest BCUT2D eigenvalue weighted by atomic mass is 32.2. The Balaban J connectivity index is 1.84. The molecule has 1 aromatic heterocycles. The average Bonchev–Trinajstić information content (AvgIpc) is 2.97. The van der Waals surface area contributed by atoms with E-state index in [1.54, 1.807) is 0 Å². The highest BCUT2D eigenvalue weighted by molar-refractivity contribution is 7.89. The Morgan fingerprint density at radius 3 is 2.42 bits per heavy atom. The molecule has 0 radical (unpaired) electrons. The van der Waals surface area contributed by atoms with Crippen molar-refractivity contribution in [3.8, 4) is 0 Å². The monoisotopic (exact) mass is 360 g/mol. The zero-order chi connectivity index (χ0) is 17.3. The zero-order valence-corrected chi connectivity index (χ0v) is 14.9. The third kappa shape index (κ3) is 3.24. The van der Waals surface area contributed by atoms with Crippen LogP contribution in [0.15, 0.2) is 53.4 Å². The van der Waals surface area contributed by atoms with Crippen molar-refractivity contribution < 1.29 is 13.2 Å². The first-order valence-electron chi connectivity index (χ1n) is 7.30. The van der Waals surface area contributed by atoms with Gasteiger partial charge in [-0.2, -0.15) is 4.31 Å². The lowest BCUT2D eigenvalue weighted by atomic mass is 10.2. The third-order valence-corrected chi connectivity index (χ3v) is 6.50. The van der Waals surface area contributed by atoms with Gasteiger partial charge in [0, 0.05) is 12.6 Å². The minimum absolute atomic E-state index is 0.0956. The number of sulfonamides is 1. The molecule has 0 saturated heterocycles. The number of hydrogen-bond donors (Lipinski definition) is 0. The molecule has 0 bridgehead atoms. The van der Waals surface area contributed by atoms with Gasteiger partial charge in [0.1, 0.15) is 5.01 Å². The Kier molecular flexibility index (Phi) is 4.49. The normalized spacial score (nSPS) is 12.0. The van der Waals surface area contributed by atoms with Crippen molar-refractivity contribution in [3.63, 3.8) is 0 Å². The van der Waals surface area contributed by atoms with Gasteiger partial charge in [-0.25, -0.2) is 13.4 Å². The predicted molar refractivity (Wildman–Crippen MR) is 94.7 cm³/mol. The molecule has 0 unspecified atom stereocenters. The minimum Gasteiger partial charge on any atom is -0.295 e. The smallest absolute Gasteiger partial charge is 0.243 e. The van der Waals surface area contributed by atoms with E-state index >= 15 is 0 Å². The van der Waals surface area contributed by atoms with E-state index in [1.165, 1.54) is 53.9 Å². The molecule has 3 rings (SSSR count). The summed E-state index contributed by atoms with van der Waals surface area (Å²) in [5.74, 6) is -0.0956. The van der Waals surface area contributed by atoms with E-state index in [9.17, 15) is 13.2 Å². The van der Waals surface area contributed by atoms with E-state index < -0.39 is 10.0 Å². The van der Waals surface area contributed by atoms with Crippen LogP contribution in [-0.4, -0.2) is 30.5 Å². The molecule has 0 aliphatic rings. The number of ketones is 1. The fraction of sp³-hybridized carbons (Fsp3) is 0.176. The molecule has 2 aromatic carbocycles. The van der Waals surface area contributed by atoms with Crippen molar-refractivity contribution in [2.45, 2.75) is 18.4 Å². The van der Waals surface area contributed by atoms with Crippen molar-refractivity contribution in [2.75, 3.05) is 7.05 Å². The molecule has 24 heavy (non-hydrogen) atoms. The van der Waals surface area contributed by atoms with Gasteiger partial charge in [0.25, 0.3) is 0 Å². The van der Waals surface area contributed by atoms with Gasteiger partial charge in [-0.05, 0) is 31.2 Å². The van der Waals surface area contributed by atoms with Gasteiger partial charge in [0.2, 0.25) is 10.0 Å². The quantitative estimate of drug-likeness (QED) is 0.655. The van der Waals surface area contributed by atoms with Crippen LogP contribution in [0.4, 0.5) is 0 Å². The van der Waals surface area contributed by atoms with Crippen LogP contribution in [0, 0.1) is 0 Å². The molecule has 0 saturated carbocycles. The summed E-state index contributed by atoms with van der Waals surface area (Å²) >= 11 is 1.48. The van der Waals surface area contributed by atoms with Gasteiger partial charge in [0.05, 0.1) is 21.7 Å². The van der Waals surface area contributed by atoms with Crippen molar-refractivity contribution in [2.24, 2.45) is 0 Å². The highest BCUT2D eigenvalue weighted by Gasteiger charge is 2.22. The Labute approximate surface area is 144 Å². The average molecular weight is 360 g/mol. The molecule has 0 N–H and O–H groups in total. The topological polar surface area (TPSA) is 67.3 Å². The van der Waals surface area contributed by atoms with E-state index in [0.717, 1.165) is 15.2 Å². The number of hydrogen-bond acceptors (Lipinski definition) is 5. The molecule has 0 fully saturated rings. The molecule has 0 aliphatic carbocycles. The molecule has 0 amide bonds. The van der Waals surface area contributed by atoms with Gasteiger partial charge >= 0.3 is 0 Å². The second kappa shape index (κ2) is 6.43. The summed E-state index contributed by atoms with van der Waals surface area (Å²) in [5.41, 5.74) is 1.36. The van der Waals surface area contributed by atoms with E-state index in [2.05, 4.69) is 4.98 Å². The minimum atomic E-state index is -3.63. The predicted octanol–water partition coefficient (Wildman–Crippen LogP) is 3.32. The number of aromatic nitrogens is 1. The first-order chi connectivity index (χ1) is 11.4. The maximum atomic E-state index is 12.7. The van der Waals surface area contributed by atoms with Crippen molar-refractivity contribution in [1.82, 2.24) is 9.29 Å². The van der Waals surface area contributed by atoms with Crippen LogP contribution in [0.3, 0.4) is 0 Å². The summed E-state index contributed by atoms with van der Waals surface area (Å²) in [6.07, 6.45) is 0. The maximum absolute atomic E-state index is 12.7. The number of carbonyl (C=O) groups is 1. The number of Topliss-reactive ketones (excluding diaryl/α,β-unsaturated/α-hetero) is 1. The highest BCUT2D eigenvalue weighted by Crippen LogP contribution is 2.24. The Morgan fingerprint density at radius 2 is 1.79 bits per heavy atom. The number of carbonyl (C=O) groups excluding carboxylic acids is 1. The zero-order valence-electron chi connectivity index (χ0n) is 13.3. The SMILES string of the molecule is CC(=O)c1ccc(S(=O)(=O)N(C)Cc2nc3ccccc3s2)cc1. The molecular weight excluding hydrogens is 344 g/mol. The number of thiazole rings is 1. The fourth-order valence-corrected chi connectivity index (χ4v) is 4.54. The molecule has 5 nitrogen and oxygen atoms in total. The van der Waals surface area contributed by atoms with Crippen LogP contribution < -0.4 is 0 Å². The van der Waals surface area contributed by atoms with E-state index in [4.69, 9.17) is 0 Å². The maximum Gasteiger partial charge on any atom is 0.243 e. The number of nitrogens with zero attached hydrogens (tertiary/aromatic N) is 2. The van der Waals surface area contributed by atoms with Crippen LogP contribution >= 0.6 is 11.3 Å². The number of fused-ring (bicyclic) bond motifs is 1. The Hall–Kier alpha value is -2.09. The Bertz CT molecular complexity index is 959. The molecule has 7 heteroatoms. The lowest BCUT2D eigenvalue weighted by Gasteiger charge is -2.16.